The molecule has 2 aliphatic heterocycles. The van der Waals surface area contributed by atoms with Gasteiger partial charge in [-0.25, -0.2) is 0 Å². The second kappa shape index (κ2) is 3.35. The lowest BCUT2D eigenvalue weighted by Gasteiger charge is -2.39. The third-order valence-electron chi connectivity index (χ3n) is 3.47. The maximum absolute atomic E-state index is 12.1. The van der Waals surface area contributed by atoms with Crippen LogP contribution in [0.25, 0.3) is 0 Å². The number of carbonyl (C=O) groups is 1. The number of rotatable bonds is 0. The first-order valence-corrected chi connectivity index (χ1v) is 5.76. The van der Waals surface area contributed by atoms with Crippen LogP contribution in [0.4, 0.5) is 11.4 Å². The molecule has 0 radical (unpaired) electrons. The van der Waals surface area contributed by atoms with E-state index in [0.29, 0.717) is 11.4 Å². The monoisotopic (exact) mass is 242 g/mol. The fraction of sp³-hybridized carbons (Fsp3) is 0.231. The molecule has 0 saturated heterocycles. The zero-order valence-electron chi connectivity index (χ0n) is 10.3. The molecule has 3 N–H and O–H groups in total. The van der Waals surface area contributed by atoms with E-state index in [1.807, 2.05) is 43.0 Å². The van der Waals surface area contributed by atoms with E-state index < -0.39 is 5.54 Å². The van der Waals surface area contributed by atoms with Gasteiger partial charge < -0.3 is 16.1 Å². The van der Waals surface area contributed by atoms with Crippen LogP contribution in [0.5, 0.6) is 0 Å². The van der Waals surface area contributed by atoms with Crippen molar-refractivity contribution in [3.63, 3.8) is 0 Å². The third kappa shape index (κ3) is 1.21. The number of nitrogens with one attached hydrogen (secondary N) is 1. The molecule has 0 unspecified atom stereocenters. The molecule has 0 bridgehead atoms. The molecule has 0 aliphatic carbocycles. The first-order valence-electron chi connectivity index (χ1n) is 5.76. The Morgan fingerprint density at radius 3 is 2.78 bits per heavy atom. The molecule has 0 saturated carbocycles. The topological polar surface area (TPSA) is 70.7 Å². The number of fused-ring (bicyclic) bond motifs is 3. The minimum atomic E-state index is -0.419. The molecule has 5 nitrogen and oxygen atoms in total. The lowest BCUT2D eigenvalue weighted by Crippen LogP contribution is -2.48. The first-order chi connectivity index (χ1) is 8.55. The predicted octanol–water partition coefficient (Wildman–Crippen LogP) is 1.44. The zero-order chi connectivity index (χ0) is 12.9. The Morgan fingerprint density at radius 1 is 1.33 bits per heavy atom. The van der Waals surface area contributed by atoms with Crippen molar-refractivity contribution in [3.8, 4) is 0 Å². The molecule has 0 atom stereocenters. The normalized spacial score (nSPS) is 22.3. The Labute approximate surface area is 105 Å². The van der Waals surface area contributed by atoms with Crippen LogP contribution in [0.2, 0.25) is 0 Å². The van der Waals surface area contributed by atoms with Gasteiger partial charge in [-0.2, -0.15) is 5.10 Å². The summed E-state index contributed by atoms with van der Waals surface area (Å²) in [4.78, 5) is 14.0. The molecule has 3 rings (SSSR count). The first kappa shape index (κ1) is 10.8. The summed E-state index contributed by atoms with van der Waals surface area (Å²) in [7, 11) is 0. The lowest BCUT2D eigenvalue weighted by molar-refractivity contribution is -0.113. The highest BCUT2D eigenvalue weighted by Gasteiger charge is 2.45. The maximum Gasteiger partial charge on any atom is 0.272 e. The van der Waals surface area contributed by atoms with Crippen LogP contribution in [0.1, 0.15) is 13.8 Å². The van der Waals surface area contributed by atoms with Crippen LogP contribution in [0.3, 0.4) is 0 Å². The van der Waals surface area contributed by atoms with E-state index in [0.717, 1.165) is 11.4 Å². The van der Waals surface area contributed by atoms with Crippen LogP contribution >= 0.6 is 0 Å². The van der Waals surface area contributed by atoms with Gasteiger partial charge in [0.15, 0.2) is 0 Å². The summed E-state index contributed by atoms with van der Waals surface area (Å²) < 4.78 is 0. The number of hydrogen-bond acceptors (Lipinski definition) is 4. The molecule has 2 aliphatic rings. The number of benzene rings is 1. The summed E-state index contributed by atoms with van der Waals surface area (Å²) in [6.07, 6.45) is 1.74. The second-order valence-corrected chi connectivity index (χ2v) is 4.91. The Morgan fingerprint density at radius 2 is 2.06 bits per heavy atom. The van der Waals surface area contributed by atoms with Gasteiger partial charge in [-0.1, -0.05) is 12.1 Å². The maximum atomic E-state index is 12.1. The van der Waals surface area contributed by atoms with Crippen LogP contribution in [0, 0.1) is 0 Å². The van der Waals surface area contributed by atoms with Gasteiger partial charge in [-0.15, -0.1) is 0 Å². The molecule has 0 aromatic heterocycles. The lowest BCUT2D eigenvalue weighted by atomic mass is 9.98. The molecule has 18 heavy (non-hydrogen) atoms. The quantitative estimate of drug-likeness (QED) is 0.534. The minimum absolute atomic E-state index is 0.125. The van der Waals surface area contributed by atoms with E-state index in [1.165, 1.54) is 0 Å². The number of nitrogens with zero attached hydrogens (tertiary/aromatic N) is 2. The zero-order valence-corrected chi connectivity index (χ0v) is 10.3. The highest BCUT2D eigenvalue weighted by atomic mass is 16.2. The Bertz CT molecular complexity index is 601. The fourth-order valence-corrected chi connectivity index (χ4v) is 2.54. The molecule has 92 valence electrons. The molecule has 1 aromatic carbocycles. The summed E-state index contributed by atoms with van der Waals surface area (Å²) in [5.41, 5.74) is 2.64. The number of nitrogens with two attached hydrogens (primary N) is 1. The second-order valence-electron chi connectivity index (χ2n) is 4.91. The van der Waals surface area contributed by atoms with E-state index in [1.54, 1.807) is 6.08 Å². The number of amides is 1. The predicted molar refractivity (Wildman–Crippen MR) is 71.3 cm³/mol. The average Bonchev–Trinajstić information content (AvgIpc) is 2.62. The van der Waals surface area contributed by atoms with Gasteiger partial charge in [0.05, 0.1) is 22.6 Å². The van der Waals surface area contributed by atoms with Crippen LogP contribution in [0.15, 0.2) is 41.1 Å². The number of carbonyl (C=O) groups excluding carboxylic acids is 1. The van der Waals surface area contributed by atoms with Crippen molar-refractivity contribution in [3.05, 3.63) is 36.0 Å². The third-order valence-corrected chi connectivity index (χ3v) is 3.47. The Balaban J connectivity index is 2.25. The van der Waals surface area contributed by atoms with Gasteiger partial charge in [0.25, 0.3) is 5.91 Å². The molecular formula is C13H14N4O. The summed E-state index contributed by atoms with van der Waals surface area (Å²) in [6, 6.07) is 7.71. The highest BCUT2D eigenvalue weighted by Crippen LogP contribution is 2.42. The van der Waals surface area contributed by atoms with Crippen LogP contribution < -0.4 is 16.1 Å². The van der Waals surface area contributed by atoms with Gasteiger partial charge in [0, 0.05) is 0 Å². The van der Waals surface area contributed by atoms with E-state index in [4.69, 9.17) is 5.84 Å². The van der Waals surface area contributed by atoms with Crippen LogP contribution in [-0.2, 0) is 4.79 Å². The van der Waals surface area contributed by atoms with E-state index in [2.05, 4.69) is 10.4 Å². The Hall–Kier alpha value is -2.30. The average molecular weight is 242 g/mol. The SMILES string of the molecule is CC1(C)C(=NN)C=C2C(=O)Nc3ccccc3N21. The number of para-hydroxylation sites is 2. The van der Waals surface area contributed by atoms with Crippen molar-refractivity contribution in [1.82, 2.24) is 0 Å². The highest BCUT2D eigenvalue weighted by molar-refractivity contribution is 6.22. The van der Waals surface area contributed by atoms with Crippen molar-refractivity contribution in [2.24, 2.45) is 10.9 Å². The molecular weight excluding hydrogens is 228 g/mol. The van der Waals surface area contributed by atoms with Crippen LogP contribution in [-0.4, -0.2) is 17.2 Å². The minimum Gasteiger partial charge on any atom is -0.324 e. The van der Waals surface area contributed by atoms with Crippen molar-refractivity contribution in [1.29, 1.82) is 0 Å². The number of hydrazone groups is 1. The summed E-state index contributed by atoms with van der Waals surface area (Å²) in [5.74, 6) is 5.29. The molecule has 2 heterocycles. The smallest absolute Gasteiger partial charge is 0.272 e. The van der Waals surface area contributed by atoms with E-state index >= 15 is 0 Å². The number of anilines is 2. The molecule has 1 aromatic rings. The summed E-state index contributed by atoms with van der Waals surface area (Å²) in [5, 5.41) is 6.66. The van der Waals surface area contributed by atoms with Crippen molar-refractivity contribution >= 4 is 23.0 Å². The van der Waals surface area contributed by atoms with Gasteiger partial charge >= 0.3 is 0 Å². The van der Waals surface area contributed by atoms with Crippen molar-refractivity contribution in [2.45, 2.75) is 19.4 Å². The molecule has 0 fully saturated rings. The van der Waals surface area contributed by atoms with Gasteiger partial charge in [-0.3, -0.25) is 4.79 Å². The van der Waals surface area contributed by atoms with Gasteiger partial charge in [-0.05, 0) is 32.1 Å². The molecule has 1 amide bonds. The Kier molecular flexibility index (Phi) is 2.02. The van der Waals surface area contributed by atoms with Gasteiger partial charge in [0.2, 0.25) is 0 Å². The van der Waals surface area contributed by atoms with E-state index in [9.17, 15) is 4.79 Å². The molecule has 0 spiro atoms. The largest absolute Gasteiger partial charge is 0.324 e. The summed E-state index contributed by atoms with van der Waals surface area (Å²) >= 11 is 0. The molecule has 5 heteroatoms. The van der Waals surface area contributed by atoms with Gasteiger partial charge in [0.1, 0.15) is 5.70 Å². The number of hydrogen-bond donors (Lipinski definition) is 2. The van der Waals surface area contributed by atoms with Crippen molar-refractivity contribution < 1.29 is 4.79 Å². The fourth-order valence-electron chi connectivity index (χ4n) is 2.54. The van der Waals surface area contributed by atoms with Crippen molar-refractivity contribution in [2.75, 3.05) is 10.2 Å². The summed E-state index contributed by atoms with van der Waals surface area (Å²) in [6.45, 7) is 4.00. The van der Waals surface area contributed by atoms with E-state index in [-0.39, 0.29) is 5.91 Å². The standard InChI is InChI=1S/C13H14N4O/c1-13(2)11(16-14)7-10-12(18)15-8-5-3-4-6-9(8)17(10)13/h3-7H,14H2,1-2H3,(H,15,18).